The summed E-state index contributed by atoms with van der Waals surface area (Å²) in [7, 11) is 2.01. The summed E-state index contributed by atoms with van der Waals surface area (Å²) in [5.74, 6) is 1.75. The summed E-state index contributed by atoms with van der Waals surface area (Å²) >= 11 is 0. The molecule has 0 amide bonds. The van der Waals surface area contributed by atoms with Gasteiger partial charge in [-0.05, 0) is 49.7 Å². The molecule has 0 saturated heterocycles. The summed E-state index contributed by atoms with van der Waals surface area (Å²) in [6.45, 7) is 2.20. The largest absolute Gasteiger partial charge is 0.457 e. The third kappa shape index (κ3) is 4.11. The van der Waals surface area contributed by atoms with Crippen LogP contribution in [-0.4, -0.2) is 13.1 Å². The number of nitrogens with one attached hydrogen (secondary N) is 1. The summed E-state index contributed by atoms with van der Waals surface area (Å²) in [5, 5.41) is 3.32. The lowest BCUT2D eigenvalue weighted by Gasteiger charge is -2.14. The van der Waals surface area contributed by atoms with Crippen LogP contribution in [0.4, 0.5) is 0 Å². The van der Waals surface area contributed by atoms with Gasteiger partial charge in [0, 0.05) is 6.04 Å². The van der Waals surface area contributed by atoms with Gasteiger partial charge in [-0.3, -0.25) is 0 Å². The van der Waals surface area contributed by atoms with E-state index in [0.717, 1.165) is 24.3 Å². The number of hydrogen-bond acceptors (Lipinski definition) is 2. The first kappa shape index (κ1) is 13.6. The van der Waals surface area contributed by atoms with Crippen LogP contribution in [0.15, 0.2) is 54.6 Å². The monoisotopic (exact) mass is 255 g/mol. The molecular formula is C17H21NO. The summed E-state index contributed by atoms with van der Waals surface area (Å²) in [5.41, 5.74) is 1.33. The predicted molar refractivity (Wildman–Crippen MR) is 79.8 cm³/mol. The third-order valence-corrected chi connectivity index (χ3v) is 3.29. The molecule has 0 radical (unpaired) electrons. The van der Waals surface area contributed by atoms with E-state index in [9.17, 15) is 0 Å². The SMILES string of the molecule is CCC(Cc1ccc(Oc2ccccc2)cc1)NC. The van der Waals surface area contributed by atoms with Crippen LogP contribution in [-0.2, 0) is 6.42 Å². The Morgan fingerprint density at radius 1 is 0.947 bits per heavy atom. The van der Waals surface area contributed by atoms with Crippen molar-refractivity contribution < 1.29 is 4.74 Å². The van der Waals surface area contributed by atoms with E-state index in [4.69, 9.17) is 4.74 Å². The fourth-order valence-corrected chi connectivity index (χ4v) is 2.05. The van der Waals surface area contributed by atoms with Gasteiger partial charge in [-0.15, -0.1) is 0 Å². The Balaban J connectivity index is 1.98. The van der Waals surface area contributed by atoms with Crippen molar-refractivity contribution in [2.75, 3.05) is 7.05 Å². The molecule has 0 spiro atoms. The molecule has 100 valence electrons. The Bertz CT molecular complexity index is 474. The van der Waals surface area contributed by atoms with Crippen LogP contribution in [0.3, 0.4) is 0 Å². The average molecular weight is 255 g/mol. The fourth-order valence-electron chi connectivity index (χ4n) is 2.05. The minimum atomic E-state index is 0.542. The van der Waals surface area contributed by atoms with Crippen LogP contribution in [0.1, 0.15) is 18.9 Å². The van der Waals surface area contributed by atoms with Crippen LogP contribution in [0.2, 0.25) is 0 Å². The highest BCUT2D eigenvalue weighted by molar-refractivity contribution is 5.33. The van der Waals surface area contributed by atoms with Crippen molar-refractivity contribution in [3.8, 4) is 11.5 Å². The van der Waals surface area contributed by atoms with Gasteiger partial charge in [0.15, 0.2) is 0 Å². The summed E-state index contributed by atoms with van der Waals surface area (Å²) in [6.07, 6.45) is 2.19. The highest BCUT2D eigenvalue weighted by Gasteiger charge is 2.04. The average Bonchev–Trinajstić information content (AvgIpc) is 2.47. The smallest absolute Gasteiger partial charge is 0.127 e. The molecule has 19 heavy (non-hydrogen) atoms. The summed E-state index contributed by atoms with van der Waals surface area (Å²) < 4.78 is 5.78. The molecule has 2 aromatic carbocycles. The van der Waals surface area contributed by atoms with Crippen molar-refractivity contribution in [3.05, 3.63) is 60.2 Å². The Morgan fingerprint density at radius 3 is 2.16 bits per heavy atom. The second-order valence-corrected chi connectivity index (χ2v) is 4.66. The number of benzene rings is 2. The van der Waals surface area contributed by atoms with E-state index in [2.05, 4.69) is 24.4 Å². The maximum Gasteiger partial charge on any atom is 0.127 e. The Labute approximate surface area is 115 Å². The van der Waals surface area contributed by atoms with Gasteiger partial charge < -0.3 is 10.1 Å². The maximum absolute atomic E-state index is 5.78. The number of ether oxygens (including phenoxy) is 1. The molecule has 0 aromatic heterocycles. The van der Waals surface area contributed by atoms with Crippen LogP contribution in [0.5, 0.6) is 11.5 Å². The molecule has 0 heterocycles. The topological polar surface area (TPSA) is 21.3 Å². The molecule has 0 bridgehead atoms. The van der Waals surface area contributed by atoms with E-state index in [0.29, 0.717) is 6.04 Å². The zero-order valence-electron chi connectivity index (χ0n) is 11.6. The quantitative estimate of drug-likeness (QED) is 0.841. The standard InChI is InChI=1S/C17H21NO/c1-3-15(18-2)13-14-9-11-17(12-10-14)19-16-7-5-4-6-8-16/h4-12,15,18H,3,13H2,1-2H3. The lowest BCUT2D eigenvalue weighted by molar-refractivity contribution is 0.482. The van der Waals surface area contributed by atoms with Crippen LogP contribution in [0, 0.1) is 0 Å². The molecule has 2 aromatic rings. The Morgan fingerprint density at radius 2 is 1.58 bits per heavy atom. The van der Waals surface area contributed by atoms with Gasteiger partial charge in [-0.25, -0.2) is 0 Å². The minimum Gasteiger partial charge on any atom is -0.457 e. The van der Waals surface area contributed by atoms with Gasteiger partial charge in [0.1, 0.15) is 11.5 Å². The highest BCUT2D eigenvalue weighted by Crippen LogP contribution is 2.21. The zero-order valence-corrected chi connectivity index (χ0v) is 11.6. The second kappa shape index (κ2) is 6.95. The van der Waals surface area contributed by atoms with Gasteiger partial charge in [0.25, 0.3) is 0 Å². The fraction of sp³-hybridized carbons (Fsp3) is 0.294. The molecular weight excluding hydrogens is 234 g/mol. The maximum atomic E-state index is 5.78. The molecule has 1 unspecified atom stereocenters. The van der Waals surface area contributed by atoms with Crippen molar-refractivity contribution >= 4 is 0 Å². The predicted octanol–water partition coefficient (Wildman–Crippen LogP) is 4.02. The molecule has 1 N–H and O–H groups in total. The van der Waals surface area contributed by atoms with Gasteiger partial charge in [0.2, 0.25) is 0 Å². The number of para-hydroxylation sites is 1. The van der Waals surface area contributed by atoms with Crippen LogP contribution in [0.25, 0.3) is 0 Å². The van der Waals surface area contributed by atoms with Crippen LogP contribution >= 0.6 is 0 Å². The molecule has 0 aliphatic rings. The van der Waals surface area contributed by atoms with E-state index in [1.165, 1.54) is 5.56 Å². The lowest BCUT2D eigenvalue weighted by Crippen LogP contribution is -2.26. The van der Waals surface area contributed by atoms with Crippen molar-refractivity contribution in [3.63, 3.8) is 0 Å². The van der Waals surface area contributed by atoms with E-state index in [-0.39, 0.29) is 0 Å². The number of rotatable bonds is 6. The van der Waals surface area contributed by atoms with Crippen molar-refractivity contribution in [1.29, 1.82) is 0 Å². The van der Waals surface area contributed by atoms with E-state index >= 15 is 0 Å². The van der Waals surface area contributed by atoms with Gasteiger partial charge >= 0.3 is 0 Å². The van der Waals surface area contributed by atoms with E-state index < -0.39 is 0 Å². The number of likely N-dealkylation sites (N-methyl/N-ethyl adjacent to an activating group) is 1. The first-order valence-corrected chi connectivity index (χ1v) is 6.81. The molecule has 0 saturated carbocycles. The van der Waals surface area contributed by atoms with Gasteiger partial charge in [0.05, 0.1) is 0 Å². The number of hydrogen-bond donors (Lipinski definition) is 1. The normalized spacial score (nSPS) is 12.1. The first-order valence-electron chi connectivity index (χ1n) is 6.81. The van der Waals surface area contributed by atoms with Crippen LogP contribution < -0.4 is 10.1 Å². The lowest BCUT2D eigenvalue weighted by atomic mass is 10.0. The van der Waals surface area contributed by atoms with Gasteiger partial charge in [-0.2, -0.15) is 0 Å². The summed E-state index contributed by atoms with van der Waals surface area (Å²) in [4.78, 5) is 0. The Hall–Kier alpha value is -1.80. The molecule has 0 aliphatic carbocycles. The second-order valence-electron chi connectivity index (χ2n) is 4.66. The zero-order chi connectivity index (χ0) is 13.5. The van der Waals surface area contributed by atoms with Gasteiger partial charge in [-0.1, -0.05) is 37.3 Å². The molecule has 2 heteroatoms. The molecule has 1 atom stereocenters. The Kier molecular flexibility index (Phi) is 4.99. The minimum absolute atomic E-state index is 0.542. The highest BCUT2D eigenvalue weighted by atomic mass is 16.5. The summed E-state index contributed by atoms with van der Waals surface area (Å²) in [6, 6.07) is 18.7. The van der Waals surface area contributed by atoms with E-state index in [1.807, 2.05) is 49.5 Å². The van der Waals surface area contributed by atoms with Crippen molar-refractivity contribution in [2.24, 2.45) is 0 Å². The van der Waals surface area contributed by atoms with Crippen molar-refractivity contribution in [2.45, 2.75) is 25.8 Å². The van der Waals surface area contributed by atoms with Crippen molar-refractivity contribution in [1.82, 2.24) is 5.32 Å². The molecule has 0 aliphatic heterocycles. The molecule has 2 nitrogen and oxygen atoms in total. The molecule has 2 rings (SSSR count). The first-order chi connectivity index (χ1) is 9.31. The molecule has 0 fully saturated rings. The third-order valence-electron chi connectivity index (χ3n) is 3.29. The van der Waals surface area contributed by atoms with E-state index in [1.54, 1.807) is 0 Å².